The maximum absolute atomic E-state index is 5.12. The topological polar surface area (TPSA) is 38.0 Å². The fourth-order valence-electron chi connectivity index (χ4n) is 0.450. The van der Waals surface area contributed by atoms with Crippen molar-refractivity contribution in [3.63, 3.8) is 0 Å². The summed E-state index contributed by atoms with van der Waals surface area (Å²) in [6, 6.07) is 0.0393. The molecule has 0 radical (unpaired) electrons. The lowest BCUT2D eigenvalue weighted by Gasteiger charge is -2.05. The van der Waals surface area contributed by atoms with Gasteiger partial charge in [0.2, 0.25) is 0 Å². The molecule has 0 spiro atoms. The minimum Gasteiger partial charge on any atom is -0.270 e. The van der Waals surface area contributed by atoms with E-state index < -0.39 is 0 Å². The van der Waals surface area contributed by atoms with Crippen LogP contribution in [0, 0.1) is 12.3 Å². The van der Waals surface area contributed by atoms with Crippen molar-refractivity contribution < 1.29 is 0 Å². The number of terminal acetylenes is 1. The first kappa shape index (κ1) is 8.83. The molecule has 52 valence electrons. The fraction of sp³-hybridized carbons (Fsp3) is 0.667. The summed E-state index contributed by atoms with van der Waals surface area (Å²) in [5.41, 5.74) is 2.54. The third kappa shape index (κ3) is 4.34. The highest BCUT2D eigenvalue weighted by Crippen LogP contribution is 1.97. The average molecular weight is 144 g/mol. The summed E-state index contributed by atoms with van der Waals surface area (Å²) >= 11 is 1.77. The summed E-state index contributed by atoms with van der Waals surface area (Å²) < 4.78 is 0. The predicted molar refractivity (Wildman–Crippen MR) is 42.9 cm³/mol. The summed E-state index contributed by atoms with van der Waals surface area (Å²) in [6.07, 6.45) is 8.11. The minimum absolute atomic E-state index is 0.0393. The lowest BCUT2D eigenvalue weighted by Crippen LogP contribution is -2.34. The molecule has 0 aliphatic carbocycles. The van der Waals surface area contributed by atoms with Crippen LogP contribution in [-0.4, -0.2) is 18.1 Å². The van der Waals surface area contributed by atoms with E-state index in [9.17, 15) is 0 Å². The Morgan fingerprint density at radius 2 is 2.56 bits per heavy atom. The smallest absolute Gasteiger partial charge is 0.0822 e. The summed E-state index contributed by atoms with van der Waals surface area (Å²) in [5.74, 6) is 8.71. The molecule has 0 fully saturated rings. The molecule has 0 aromatic carbocycles. The minimum atomic E-state index is 0.0393. The van der Waals surface area contributed by atoms with Crippen LogP contribution in [0.25, 0.3) is 0 Å². The Hall–Kier alpha value is -0.170. The second kappa shape index (κ2) is 5.96. The molecule has 0 aliphatic heterocycles. The normalized spacial score (nSPS) is 12.6. The van der Waals surface area contributed by atoms with Crippen LogP contribution in [0.15, 0.2) is 0 Å². The fourth-order valence-corrected chi connectivity index (χ4v) is 0.922. The second-order valence-corrected chi connectivity index (χ2v) is 2.65. The van der Waals surface area contributed by atoms with E-state index in [1.807, 2.05) is 6.26 Å². The lowest BCUT2D eigenvalue weighted by molar-refractivity contribution is 0.624. The summed E-state index contributed by atoms with van der Waals surface area (Å²) in [4.78, 5) is 0. The van der Waals surface area contributed by atoms with E-state index in [0.717, 1.165) is 12.2 Å². The van der Waals surface area contributed by atoms with Crippen LogP contribution >= 0.6 is 11.8 Å². The molecule has 2 nitrogen and oxygen atoms in total. The van der Waals surface area contributed by atoms with Crippen LogP contribution in [0.5, 0.6) is 0 Å². The molecule has 0 aliphatic rings. The van der Waals surface area contributed by atoms with Crippen LogP contribution in [0.3, 0.4) is 0 Å². The number of nitrogens with two attached hydrogens (primary N) is 1. The number of rotatable bonds is 4. The van der Waals surface area contributed by atoms with Crippen molar-refractivity contribution in [3.8, 4) is 12.3 Å². The molecular formula is C6H12N2S. The van der Waals surface area contributed by atoms with Gasteiger partial charge in [-0.1, -0.05) is 5.92 Å². The quantitative estimate of drug-likeness (QED) is 0.336. The van der Waals surface area contributed by atoms with Crippen molar-refractivity contribution in [2.45, 2.75) is 12.5 Å². The number of hydrogen-bond acceptors (Lipinski definition) is 3. The van der Waals surface area contributed by atoms with E-state index in [1.54, 1.807) is 11.8 Å². The highest BCUT2D eigenvalue weighted by molar-refractivity contribution is 7.98. The van der Waals surface area contributed by atoms with E-state index in [2.05, 4.69) is 11.3 Å². The maximum atomic E-state index is 5.12. The first-order valence-electron chi connectivity index (χ1n) is 2.76. The standard InChI is InChI=1S/C6H12N2S/c1-3-6(8-7)4-5-9-2/h1,6,8H,4-5,7H2,2H3. The first-order valence-corrected chi connectivity index (χ1v) is 4.15. The second-order valence-electron chi connectivity index (χ2n) is 1.67. The molecule has 0 heterocycles. The molecule has 1 unspecified atom stereocenters. The van der Waals surface area contributed by atoms with Gasteiger partial charge in [-0.3, -0.25) is 5.84 Å². The van der Waals surface area contributed by atoms with Gasteiger partial charge in [0, 0.05) is 0 Å². The van der Waals surface area contributed by atoms with Crippen LogP contribution in [0.4, 0.5) is 0 Å². The summed E-state index contributed by atoms with van der Waals surface area (Å²) in [5, 5.41) is 0. The maximum Gasteiger partial charge on any atom is 0.0822 e. The van der Waals surface area contributed by atoms with Crippen LogP contribution in [0.1, 0.15) is 6.42 Å². The number of hydrazine groups is 1. The van der Waals surface area contributed by atoms with Crippen LogP contribution in [0.2, 0.25) is 0 Å². The Kier molecular flexibility index (Phi) is 5.85. The molecule has 0 rings (SSSR count). The molecule has 0 saturated carbocycles. The molecular weight excluding hydrogens is 132 g/mol. The van der Waals surface area contributed by atoms with E-state index in [0.29, 0.717) is 0 Å². The van der Waals surface area contributed by atoms with Gasteiger partial charge in [-0.25, -0.2) is 5.43 Å². The Morgan fingerprint density at radius 1 is 1.89 bits per heavy atom. The van der Waals surface area contributed by atoms with Crippen molar-refractivity contribution >= 4 is 11.8 Å². The van der Waals surface area contributed by atoms with Gasteiger partial charge < -0.3 is 0 Å². The van der Waals surface area contributed by atoms with Crippen molar-refractivity contribution in [1.82, 2.24) is 5.43 Å². The lowest BCUT2D eigenvalue weighted by atomic mass is 10.2. The van der Waals surface area contributed by atoms with Crippen molar-refractivity contribution in [2.24, 2.45) is 5.84 Å². The number of hydrogen-bond donors (Lipinski definition) is 2. The Bertz CT molecular complexity index is 97.7. The SMILES string of the molecule is C#CC(CCSC)NN. The zero-order valence-electron chi connectivity index (χ0n) is 5.55. The monoisotopic (exact) mass is 144 g/mol. The van der Waals surface area contributed by atoms with Gasteiger partial charge in [-0.05, 0) is 18.4 Å². The highest BCUT2D eigenvalue weighted by Gasteiger charge is 1.98. The van der Waals surface area contributed by atoms with Crippen molar-refractivity contribution in [3.05, 3.63) is 0 Å². The molecule has 9 heavy (non-hydrogen) atoms. The third-order valence-electron chi connectivity index (χ3n) is 1.01. The van der Waals surface area contributed by atoms with Crippen LogP contribution < -0.4 is 11.3 Å². The summed E-state index contributed by atoms with van der Waals surface area (Å²) in [7, 11) is 0. The summed E-state index contributed by atoms with van der Waals surface area (Å²) in [6.45, 7) is 0. The zero-order chi connectivity index (χ0) is 7.11. The van der Waals surface area contributed by atoms with E-state index in [4.69, 9.17) is 12.3 Å². The van der Waals surface area contributed by atoms with Crippen LogP contribution in [-0.2, 0) is 0 Å². The predicted octanol–water partition coefficient (Wildman–Crippen LogP) is 0.205. The molecule has 3 N–H and O–H groups in total. The zero-order valence-corrected chi connectivity index (χ0v) is 6.37. The molecule has 0 saturated heterocycles. The van der Waals surface area contributed by atoms with Gasteiger partial charge in [-0.2, -0.15) is 11.8 Å². The van der Waals surface area contributed by atoms with E-state index >= 15 is 0 Å². The van der Waals surface area contributed by atoms with Gasteiger partial charge in [0.1, 0.15) is 0 Å². The number of thioether (sulfide) groups is 1. The first-order chi connectivity index (χ1) is 4.35. The average Bonchev–Trinajstić information content (AvgIpc) is 1.91. The van der Waals surface area contributed by atoms with Gasteiger partial charge in [0.25, 0.3) is 0 Å². The highest BCUT2D eigenvalue weighted by atomic mass is 32.2. The molecule has 0 bridgehead atoms. The molecule has 1 atom stereocenters. The third-order valence-corrected chi connectivity index (χ3v) is 1.66. The Balaban J connectivity index is 3.23. The molecule has 0 amide bonds. The molecule has 0 aromatic heterocycles. The number of nitrogens with one attached hydrogen (secondary N) is 1. The van der Waals surface area contributed by atoms with Gasteiger partial charge in [0.15, 0.2) is 0 Å². The van der Waals surface area contributed by atoms with E-state index in [1.165, 1.54) is 0 Å². The molecule has 3 heteroatoms. The molecule has 0 aromatic rings. The largest absolute Gasteiger partial charge is 0.270 e. The Labute approximate surface area is 60.5 Å². The van der Waals surface area contributed by atoms with Gasteiger partial charge >= 0.3 is 0 Å². The van der Waals surface area contributed by atoms with Crippen molar-refractivity contribution in [2.75, 3.05) is 12.0 Å². The van der Waals surface area contributed by atoms with E-state index in [-0.39, 0.29) is 6.04 Å². The van der Waals surface area contributed by atoms with Gasteiger partial charge in [0.05, 0.1) is 6.04 Å². The van der Waals surface area contributed by atoms with Crippen molar-refractivity contribution in [1.29, 1.82) is 0 Å². The Morgan fingerprint density at radius 3 is 2.89 bits per heavy atom. The van der Waals surface area contributed by atoms with Gasteiger partial charge in [-0.15, -0.1) is 6.42 Å².